The first-order valence-corrected chi connectivity index (χ1v) is 10.5. The van der Waals surface area contributed by atoms with Crippen LogP contribution in [0, 0.1) is 0 Å². The molecule has 2 N–H and O–H groups in total. The number of nitrogens with one attached hydrogen (secondary N) is 2. The Kier molecular flexibility index (Phi) is 7.42. The summed E-state index contributed by atoms with van der Waals surface area (Å²) in [5.41, 5.74) is 2.93. The van der Waals surface area contributed by atoms with Gasteiger partial charge in [0, 0.05) is 24.7 Å². The van der Waals surface area contributed by atoms with E-state index >= 15 is 0 Å². The van der Waals surface area contributed by atoms with E-state index in [-0.39, 0.29) is 11.8 Å². The van der Waals surface area contributed by atoms with E-state index in [1.54, 1.807) is 31.2 Å². The summed E-state index contributed by atoms with van der Waals surface area (Å²) in [7, 11) is 0. The highest BCUT2D eigenvalue weighted by atomic mass is 16.2. The molecule has 0 bridgehead atoms. The van der Waals surface area contributed by atoms with Crippen molar-refractivity contribution in [2.24, 2.45) is 0 Å². The van der Waals surface area contributed by atoms with E-state index in [0.29, 0.717) is 18.2 Å². The Morgan fingerprint density at radius 1 is 1.03 bits per heavy atom. The number of benzene rings is 2. The molecule has 2 atom stereocenters. The molecular formula is C24H31N3O2. The molecule has 2 aromatic rings. The number of piperidine rings is 1. The van der Waals surface area contributed by atoms with Crippen molar-refractivity contribution in [3.05, 3.63) is 71.3 Å². The zero-order valence-corrected chi connectivity index (χ0v) is 17.4. The molecule has 1 heterocycles. The molecule has 3 rings (SSSR count). The van der Waals surface area contributed by atoms with Gasteiger partial charge >= 0.3 is 0 Å². The minimum absolute atomic E-state index is 0.185. The Morgan fingerprint density at radius 2 is 1.72 bits per heavy atom. The molecule has 29 heavy (non-hydrogen) atoms. The lowest BCUT2D eigenvalue weighted by molar-refractivity contribution is -0.122. The number of hydrogen-bond donors (Lipinski definition) is 2. The maximum Gasteiger partial charge on any atom is 0.251 e. The summed E-state index contributed by atoms with van der Waals surface area (Å²) >= 11 is 0. The van der Waals surface area contributed by atoms with Gasteiger partial charge in [-0.1, -0.05) is 48.9 Å². The second-order valence-corrected chi connectivity index (χ2v) is 7.86. The van der Waals surface area contributed by atoms with Crippen molar-refractivity contribution < 1.29 is 9.59 Å². The highest BCUT2D eigenvalue weighted by molar-refractivity contribution is 5.97. The van der Waals surface area contributed by atoms with E-state index in [4.69, 9.17) is 0 Å². The minimum Gasteiger partial charge on any atom is -0.350 e. The van der Waals surface area contributed by atoms with Crippen molar-refractivity contribution in [2.45, 2.75) is 58.3 Å². The summed E-state index contributed by atoms with van der Waals surface area (Å²) in [6.45, 7) is 6.50. The number of hydrogen-bond acceptors (Lipinski definition) is 3. The van der Waals surface area contributed by atoms with E-state index < -0.39 is 6.04 Å². The van der Waals surface area contributed by atoms with Gasteiger partial charge in [-0.05, 0) is 56.5 Å². The molecule has 5 heteroatoms. The molecule has 0 saturated carbocycles. The van der Waals surface area contributed by atoms with Crippen molar-refractivity contribution in [1.82, 2.24) is 15.5 Å². The molecule has 1 aliphatic heterocycles. The van der Waals surface area contributed by atoms with E-state index in [0.717, 1.165) is 18.7 Å². The molecule has 1 saturated heterocycles. The molecule has 1 fully saturated rings. The Balaban J connectivity index is 1.55. The smallest absolute Gasteiger partial charge is 0.251 e. The SMILES string of the molecule is C[C@@H]1CCCCN1Cc1ccccc1CNC(=O)[C@@H](C)NC(=O)c1ccccc1. The molecule has 0 radical (unpaired) electrons. The molecule has 0 aliphatic carbocycles. The molecule has 2 amide bonds. The van der Waals surface area contributed by atoms with Gasteiger partial charge in [0.25, 0.3) is 5.91 Å². The number of nitrogens with zero attached hydrogens (tertiary/aromatic N) is 1. The number of likely N-dealkylation sites (tertiary alicyclic amines) is 1. The van der Waals surface area contributed by atoms with Crippen LogP contribution in [-0.2, 0) is 17.9 Å². The Morgan fingerprint density at radius 3 is 2.45 bits per heavy atom. The largest absolute Gasteiger partial charge is 0.350 e. The van der Waals surface area contributed by atoms with E-state index in [1.807, 2.05) is 12.1 Å². The first kappa shape index (κ1) is 21.1. The number of carbonyl (C=O) groups excluding carboxylic acids is 2. The van der Waals surface area contributed by atoms with Crippen LogP contribution in [0.5, 0.6) is 0 Å². The summed E-state index contributed by atoms with van der Waals surface area (Å²) in [4.78, 5) is 27.3. The Bertz CT molecular complexity index is 822. The van der Waals surface area contributed by atoms with Crippen LogP contribution >= 0.6 is 0 Å². The predicted octanol–water partition coefficient (Wildman–Crippen LogP) is 3.50. The highest BCUT2D eigenvalue weighted by Gasteiger charge is 2.20. The van der Waals surface area contributed by atoms with Crippen LogP contribution in [0.15, 0.2) is 54.6 Å². The summed E-state index contributed by atoms with van der Waals surface area (Å²) in [5.74, 6) is -0.428. The summed E-state index contributed by atoms with van der Waals surface area (Å²) < 4.78 is 0. The average Bonchev–Trinajstić information content (AvgIpc) is 2.75. The molecular weight excluding hydrogens is 362 g/mol. The standard InChI is InChI=1S/C24H31N3O2/c1-18-10-8-9-15-27(18)17-22-14-7-6-13-21(22)16-25-23(28)19(2)26-24(29)20-11-4-3-5-12-20/h3-7,11-14,18-19H,8-10,15-17H2,1-2H3,(H,25,28)(H,26,29)/t18-,19-/m1/s1. The molecule has 154 valence electrons. The van der Waals surface area contributed by atoms with Gasteiger partial charge in [0.15, 0.2) is 0 Å². The van der Waals surface area contributed by atoms with Crippen molar-refractivity contribution in [3.63, 3.8) is 0 Å². The van der Waals surface area contributed by atoms with Crippen LogP contribution in [0.25, 0.3) is 0 Å². The van der Waals surface area contributed by atoms with Crippen LogP contribution in [0.4, 0.5) is 0 Å². The minimum atomic E-state index is -0.600. The van der Waals surface area contributed by atoms with Gasteiger partial charge in [0.05, 0.1) is 0 Å². The van der Waals surface area contributed by atoms with Crippen molar-refractivity contribution in [2.75, 3.05) is 6.54 Å². The lowest BCUT2D eigenvalue weighted by Gasteiger charge is -2.33. The quantitative estimate of drug-likeness (QED) is 0.757. The van der Waals surface area contributed by atoms with E-state index in [9.17, 15) is 9.59 Å². The third kappa shape index (κ3) is 5.91. The normalized spacial score (nSPS) is 18.1. The van der Waals surface area contributed by atoms with Crippen LogP contribution in [0.3, 0.4) is 0 Å². The fraction of sp³-hybridized carbons (Fsp3) is 0.417. The van der Waals surface area contributed by atoms with E-state index in [2.05, 4.69) is 40.7 Å². The fourth-order valence-corrected chi connectivity index (χ4v) is 3.77. The number of rotatable bonds is 7. The van der Waals surface area contributed by atoms with Crippen LogP contribution in [0.2, 0.25) is 0 Å². The van der Waals surface area contributed by atoms with Crippen LogP contribution < -0.4 is 10.6 Å². The number of carbonyl (C=O) groups is 2. The first-order chi connectivity index (χ1) is 14.0. The topological polar surface area (TPSA) is 61.4 Å². The molecule has 2 aromatic carbocycles. The Hall–Kier alpha value is -2.66. The summed E-state index contributed by atoms with van der Waals surface area (Å²) in [6.07, 6.45) is 3.81. The van der Waals surface area contributed by atoms with Gasteiger partial charge in [-0.2, -0.15) is 0 Å². The van der Waals surface area contributed by atoms with E-state index in [1.165, 1.54) is 24.8 Å². The molecule has 0 aromatic heterocycles. The zero-order valence-electron chi connectivity index (χ0n) is 17.4. The third-order valence-electron chi connectivity index (χ3n) is 5.66. The van der Waals surface area contributed by atoms with Gasteiger partial charge in [-0.3, -0.25) is 14.5 Å². The van der Waals surface area contributed by atoms with Crippen LogP contribution in [-0.4, -0.2) is 35.3 Å². The van der Waals surface area contributed by atoms with Crippen molar-refractivity contribution >= 4 is 11.8 Å². The summed E-state index contributed by atoms with van der Waals surface area (Å²) in [6, 6.07) is 17.2. The van der Waals surface area contributed by atoms with Crippen LogP contribution in [0.1, 0.15) is 54.6 Å². The average molecular weight is 394 g/mol. The van der Waals surface area contributed by atoms with Gasteiger partial charge in [0.2, 0.25) is 5.91 Å². The van der Waals surface area contributed by atoms with Gasteiger partial charge in [0.1, 0.15) is 6.04 Å². The maximum atomic E-state index is 12.5. The lowest BCUT2D eigenvalue weighted by atomic mass is 10.0. The zero-order chi connectivity index (χ0) is 20.6. The monoisotopic (exact) mass is 393 g/mol. The van der Waals surface area contributed by atoms with Crippen molar-refractivity contribution in [3.8, 4) is 0 Å². The first-order valence-electron chi connectivity index (χ1n) is 10.5. The molecule has 0 unspecified atom stereocenters. The molecule has 5 nitrogen and oxygen atoms in total. The van der Waals surface area contributed by atoms with Gasteiger partial charge in [-0.15, -0.1) is 0 Å². The van der Waals surface area contributed by atoms with Gasteiger partial charge in [-0.25, -0.2) is 0 Å². The second-order valence-electron chi connectivity index (χ2n) is 7.86. The second kappa shape index (κ2) is 10.2. The predicted molar refractivity (Wildman–Crippen MR) is 115 cm³/mol. The maximum absolute atomic E-state index is 12.5. The molecule has 1 aliphatic rings. The number of amides is 2. The van der Waals surface area contributed by atoms with Gasteiger partial charge < -0.3 is 10.6 Å². The van der Waals surface area contributed by atoms with Crippen molar-refractivity contribution in [1.29, 1.82) is 0 Å². The fourth-order valence-electron chi connectivity index (χ4n) is 3.77. The Labute approximate surface area is 173 Å². The lowest BCUT2D eigenvalue weighted by Crippen LogP contribution is -2.44. The third-order valence-corrected chi connectivity index (χ3v) is 5.66. The summed E-state index contributed by atoms with van der Waals surface area (Å²) in [5, 5.41) is 5.73. The molecule has 0 spiro atoms. The highest BCUT2D eigenvalue weighted by Crippen LogP contribution is 2.20.